The first-order valence-corrected chi connectivity index (χ1v) is 6.02. The van der Waals surface area contributed by atoms with E-state index in [1.807, 2.05) is 0 Å². The van der Waals surface area contributed by atoms with Crippen molar-refractivity contribution in [2.75, 3.05) is 20.8 Å². The van der Waals surface area contributed by atoms with Gasteiger partial charge in [0.15, 0.2) is 5.41 Å². The number of hydroxylamine groups is 1. The maximum absolute atomic E-state index is 12.4. The topological polar surface area (TPSA) is 96.4 Å². The van der Waals surface area contributed by atoms with Gasteiger partial charge in [0.1, 0.15) is 0 Å². The normalized spacial score (nSPS) is 20.7. The number of rotatable bonds is 4. The summed E-state index contributed by atoms with van der Waals surface area (Å²) in [4.78, 5) is 40.1. The van der Waals surface area contributed by atoms with Gasteiger partial charge in [-0.05, 0) is 5.56 Å². The lowest BCUT2D eigenvalue weighted by Gasteiger charge is -2.48. The molecule has 2 amide bonds. The van der Waals surface area contributed by atoms with Crippen LogP contribution in [0.4, 0.5) is 4.79 Å². The van der Waals surface area contributed by atoms with Gasteiger partial charge in [0.25, 0.3) is 5.91 Å². The van der Waals surface area contributed by atoms with E-state index in [-0.39, 0.29) is 6.54 Å². The molecule has 1 fully saturated rings. The monoisotopic (exact) mass is 294 g/mol. The molecule has 0 aliphatic carbocycles. The Hall–Kier alpha value is -2.61. The zero-order valence-electron chi connectivity index (χ0n) is 11.5. The molecule has 0 radical (unpaired) electrons. The lowest BCUT2D eigenvalue weighted by atomic mass is 9.73. The van der Waals surface area contributed by atoms with Crippen molar-refractivity contribution in [1.29, 1.82) is 0 Å². The van der Waals surface area contributed by atoms with Gasteiger partial charge in [-0.3, -0.25) is 14.4 Å². The third-order valence-corrected chi connectivity index (χ3v) is 3.34. The molecule has 8 nitrogen and oxygen atoms in total. The van der Waals surface area contributed by atoms with Crippen LogP contribution in [-0.2, 0) is 24.6 Å². The number of ether oxygens (including phenoxy) is 1. The Bertz CT molecular complexity index is 575. The Labute approximate surface area is 120 Å². The molecule has 1 heterocycles. The van der Waals surface area contributed by atoms with Gasteiger partial charge in [-0.25, -0.2) is 9.80 Å². The standard InChI is InChI=1S/C13H14N2O6/c1-20-11(17)13(9-6-4-3-5-7-9)8-14(10(13)16)15(21-2)12(18)19/h3-7H,8H2,1-2H3,(H,18,19). The summed E-state index contributed by atoms with van der Waals surface area (Å²) in [7, 11) is 2.29. The van der Waals surface area contributed by atoms with Gasteiger partial charge < -0.3 is 9.84 Å². The number of hydrazine groups is 1. The molecule has 0 saturated carbocycles. The maximum atomic E-state index is 12.4. The number of amides is 2. The zero-order valence-corrected chi connectivity index (χ0v) is 11.5. The molecule has 1 aromatic carbocycles. The lowest BCUT2D eigenvalue weighted by Crippen LogP contribution is -2.72. The molecule has 1 atom stereocenters. The van der Waals surface area contributed by atoms with E-state index in [1.54, 1.807) is 30.3 Å². The first kappa shape index (κ1) is 14.8. The summed E-state index contributed by atoms with van der Waals surface area (Å²) in [5.74, 6) is -1.46. The van der Waals surface area contributed by atoms with Crippen molar-refractivity contribution in [1.82, 2.24) is 10.2 Å². The van der Waals surface area contributed by atoms with Crippen LogP contribution in [0.1, 0.15) is 5.56 Å². The van der Waals surface area contributed by atoms with E-state index in [2.05, 4.69) is 4.84 Å². The average molecular weight is 294 g/mol. The first-order valence-electron chi connectivity index (χ1n) is 6.02. The molecule has 1 aromatic rings. The molecule has 8 heteroatoms. The molecule has 2 rings (SSSR count). The molecule has 112 valence electrons. The summed E-state index contributed by atoms with van der Waals surface area (Å²) < 4.78 is 4.71. The van der Waals surface area contributed by atoms with Crippen molar-refractivity contribution in [2.45, 2.75) is 5.41 Å². The summed E-state index contributed by atoms with van der Waals surface area (Å²) >= 11 is 0. The van der Waals surface area contributed by atoms with Crippen LogP contribution in [0.25, 0.3) is 0 Å². The number of esters is 1. The largest absolute Gasteiger partial charge is 0.468 e. The van der Waals surface area contributed by atoms with Crippen LogP contribution in [0.2, 0.25) is 0 Å². The van der Waals surface area contributed by atoms with E-state index in [9.17, 15) is 14.4 Å². The SMILES string of the molecule is COC(=O)C1(c2ccccc2)CN(N(OC)C(=O)O)C1=O. The van der Waals surface area contributed by atoms with Crippen molar-refractivity contribution < 1.29 is 29.1 Å². The van der Waals surface area contributed by atoms with Gasteiger partial charge in [0.2, 0.25) is 0 Å². The van der Waals surface area contributed by atoms with Crippen LogP contribution in [-0.4, -0.2) is 54.0 Å². The second-order valence-corrected chi connectivity index (χ2v) is 4.36. The van der Waals surface area contributed by atoms with Crippen LogP contribution >= 0.6 is 0 Å². The summed E-state index contributed by atoms with van der Waals surface area (Å²) in [6, 6.07) is 8.34. The second kappa shape index (κ2) is 5.41. The number of β-lactam (4-membered cyclic amide) rings is 1. The van der Waals surface area contributed by atoms with Crippen molar-refractivity contribution in [2.24, 2.45) is 0 Å². The third kappa shape index (κ3) is 2.09. The number of hydrogen-bond donors (Lipinski definition) is 1. The van der Waals surface area contributed by atoms with E-state index in [1.165, 1.54) is 7.11 Å². The predicted molar refractivity (Wildman–Crippen MR) is 68.7 cm³/mol. The Kier molecular flexibility index (Phi) is 3.81. The maximum Gasteiger partial charge on any atom is 0.451 e. The Morgan fingerprint density at radius 2 is 1.90 bits per heavy atom. The predicted octanol–water partition coefficient (Wildman–Crippen LogP) is 0.396. The quantitative estimate of drug-likeness (QED) is 0.373. The van der Waals surface area contributed by atoms with Crippen molar-refractivity contribution in [3.8, 4) is 0 Å². The molecular weight excluding hydrogens is 280 g/mol. The molecule has 1 aliphatic heterocycles. The molecule has 0 bridgehead atoms. The fraction of sp³-hybridized carbons (Fsp3) is 0.308. The van der Waals surface area contributed by atoms with Crippen LogP contribution in [0.15, 0.2) is 30.3 Å². The first-order chi connectivity index (χ1) is 9.98. The number of hydrogen-bond acceptors (Lipinski definition) is 5. The smallest absolute Gasteiger partial charge is 0.451 e. The van der Waals surface area contributed by atoms with E-state index >= 15 is 0 Å². The van der Waals surface area contributed by atoms with Gasteiger partial charge in [0.05, 0.1) is 20.8 Å². The average Bonchev–Trinajstić information content (AvgIpc) is 2.50. The highest BCUT2D eigenvalue weighted by Gasteiger charge is 2.63. The molecule has 21 heavy (non-hydrogen) atoms. The Morgan fingerprint density at radius 3 is 2.33 bits per heavy atom. The molecular formula is C13H14N2O6. The number of carboxylic acid groups (broad SMARTS) is 1. The fourth-order valence-corrected chi connectivity index (χ4v) is 2.30. The Balaban J connectivity index is 2.38. The molecule has 1 aliphatic rings. The lowest BCUT2D eigenvalue weighted by molar-refractivity contribution is -0.259. The van der Waals surface area contributed by atoms with Gasteiger partial charge in [0, 0.05) is 0 Å². The highest BCUT2D eigenvalue weighted by Crippen LogP contribution is 2.38. The molecule has 0 spiro atoms. The molecule has 1 saturated heterocycles. The Morgan fingerprint density at radius 1 is 1.29 bits per heavy atom. The van der Waals surface area contributed by atoms with Gasteiger partial charge in [-0.1, -0.05) is 35.5 Å². The van der Waals surface area contributed by atoms with Crippen LogP contribution < -0.4 is 0 Å². The van der Waals surface area contributed by atoms with E-state index in [0.29, 0.717) is 10.7 Å². The molecule has 0 aromatic heterocycles. The van der Waals surface area contributed by atoms with Gasteiger partial charge in [-0.2, -0.15) is 0 Å². The summed E-state index contributed by atoms with van der Waals surface area (Å²) in [6.07, 6.45) is -1.46. The summed E-state index contributed by atoms with van der Waals surface area (Å²) in [5, 5.41) is 10.2. The summed E-state index contributed by atoms with van der Waals surface area (Å²) in [5.41, 5.74) is -1.10. The minimum atomic E-state index is -1.54. The number of benzene rings is 1. The van der Waals surface area contributed by atoms with E-state index in [0.717, 1.165) is 12.1 Å². The van der Waals surface area contributed by atoms with Crippen LogP contribution in [0.5, 0.6) is 0 Å². The van der Waals surface area contributed by atoms with Gasteiger partial charge >= 0.3 is 12.1 Å². The van der Waals surface area contributed by atoms with Crippen molar-refractivity contribution in [3.05, 3.63) is 35.9 Å². The van der Waals surface area contributed by atoms with Crippen LogP contribution in [0, 0.1) is 0 Å². The van der Waals surface area contributed by atoms with E-state index < -0.39 is 23.4 Å². The van der Waals surface area contributed by atoms with Crippen LogP contribution in [0.3, 0.4) is 0 Å². The van der Waals surface area contributed by atoms with Crippen molar-refractivity contribution >= 4 is 18.0 Å². The highest BCUT2D eigenvalue weighted by atomic mass is 16.7. The number of methoxy groups -OCH3 is 1. The number of carbonyl (C=O) groups excluding carboxylic acids is 2. The molecule has 1 N–H and O–H groups in total. The second-order valence-electron chi connectivity index (χ2n) is 4.36. The van der Waals surface area contributed by atoms with Crippen molar-refractivity contribution in [3.63, 3.8) is 0 Å². The minimum Gasteiger partial charge on any atom is -0.468 e. The van der Waals surface area contributed by atoms with E-state index in [4.69, 9.17) is 9.84 Å². The number of carbonyl (C=O) groups is 3. The fourth-order valence-electron chi connectivity index (χ4n) is 2.30. The zero-order chi connectivity index (χ0) is 15.6. The highest BCUT2D eigenvalue weighted by molar-refractivity contribution is 6.13. The third-order valence-electron chi connectivity index (χ3n) is 3.34. The molecule has 1 unspecified atom stereocenters. The minimum absolute atomic E-state index is 0.178. The number of nitrogens with zero attached hydrogens (tertiary/aromatic N) is 2. The van der Waals surface area contributed by atoms with Gasteiger partial charge in [-0.15, -0.1) is 0 Å². The summed E-state index contributed by atoms with van der Waals surface area (Å²) in [6.45, 7) is -0.178.